The molecule has 1 aliphatic heterocycles. The van der Waals surface area contributed by atoms with E-state index in [9.17, 15) is 9.18 Å². The number of aromatic nitrogens is 4. The van der Waals surface area contributed by atoms with E-state index in [1.165, 1.54) is 12.1 Å². The molecule has 156 valence electrons. The van der Waals surface area contributed by atoms with Crippen LogP contribution in [0, 0.1) is 5.82 Å². The summed E-state index contributed by atoms with van der Waals surface area (Å²) in [6.45, 7) is 6.99. The fourth-order valence-electron chi connectivity index (χ4n) is 3.62. The van der Waals surface area contributed by atoms with Crippen molar-refractivity contribution in [2.45, 2.75) is 26.3 Å². The third-order valence-electron chi connectivity index (χ3n) is 5.30. The third kappa shape index (κ3) is 4.32. The van der Waals surface area contributed by atoms with Crippen molar-refractivity contribution in [1.82, 2.24) is 24.6 Å². The Kier molecular flexibility index (Phi) is 5.74. The fourth-order valence-corrected chi connectivity index (χ4v) is 3.62. The summed E-state index contributed by atoms with van der Waals surface area (Å²) in [5, 5.41) is 4.65. The molecule has 8 heteroatoms. The first-order valence-electron chi connectivity index (χ1n) is 10.1. The summed E-state index contributed by atoms with van der Waals surface area (Å²) in [5.41, 5.74) is 2.57. The van der Waals surface area contributed by atoms with Gasteiger partial charge in [0.25, 0.3) is 0 Å². The van der Waals surface area contributed by atoms with Gasteiger partial charge in [-0.2, -0.15) is 5.10 Å². The molecule has 1 fully saturated rings. The van der Waals surface area contributed by atoms with Gasteiger partial charge in [-0.1, -0.05) is 13.8 Å². The molecule has 0 radical (unpaired) electrons. The average Bonchev–Trinajstić information content (AvgIpc) is 3.19. The minimum Gasteiger partial charge on any atom is -0.338 e. The molecule has 2 aromatic heterocycles. The monoisotopic (exact) mass is 408 g/mol. The maximum atomic E-state index is 13.2. The minimum atomic E-state index is -0.280. The van der Waals surface area contributed by atoms with Crippen molar-refractivity contribution >= 4 is 11.9 Å². The highest BCUT2D eigenvalue weighted by Crippen LogP contribution is 2.24. The summed E-state index contributed by atoms with van der Waals surface area (Å²) in [6, 6.07) is 10.0. The van der Waals surface area contributed by atoms with Gasteiger partial charge in [0.15, 0.2) is 0 Å². The highest BCUT2D eigenvalue weighted by molar-refractivity contribution is 5.76. The van der Waals surface area contributed by atoms with Gasteiger partial charge in [-0.25, -0.2) is 14.4 Å². The fraction of sp³-hybridized carbons (Fsp3) is 0.364. The van der Waals surface area contributed by atoms with Gasteiger partial charge in [0.2, 0.25) is 11.9 Å². The molecule has 3 aromatic rings. The minimum absolute atomic E-state index is 0.0410. The van der Waals surface area contributed by atoms with E-state index in [-0.39, 0.29) is 24.2 Å². The number of benzene rings is 1. The second-order valence-electron chi connectivity index (χ2n) is 7.69. The summed E-state index contributed by atoms with van der Waals surface area (Å²) in [7, 11) is 0. The van der Waals surface area contributed by atoms with E-state index in [2.05, 4.69) is 33.8 Å². The second kappa shape index (κ2) is 8.61. The highest BCUT2D eigenvalue weighted by Gasteiger charge is 2.24. The van der Waals surface area contributed by atoms with Gasteiger partial charge in [-0.3, -0.25) is 9.48 Å². The van der Waals surface area contributed by atoms with Crippen LogP contribution in [0.5, 0.6) is 0 Å². The van der Waals surface area contributed by atoms with Crippen molar-refractivity contribution in [2.75, 3.05) is 31.1 Å². The normalized spacial score (nSPS) is 14.4. The van der Waals surface area contributed by atoms with Gasteiger partial charge in [0, 0.05) is 49.8 Å². The first-order valence-corrected chi connectivity index (χ1v) is 10.1. The molecular formula is C22H25FN6O. The Hall–Kier alpha value is -3.29. The first-order chi connectivity index (χ1) is 14.5. The molecule has 1 saturated heterocycles. The number of anilines is 1. The number of hydrogen-bond acceptors (Lipinski definition) is 5. The van der Waals surface area contributed by atoms with Crippen molar-refractivity contribution in [1.29, 1.82) is 0 Å². The van der Waals surface area contributed by atoms with E-state index in [1.807, 2.05) is 11.0 Å². The summed E-state index contributed by atoms with van der Waals surface area (Å²) in [6.07, 6.45) is 3.45. The molecule has 0 N–H and O–H groups in total. The number of hydrogen-bond donors (Lipinski definition) is 0. The molecule has 7 nitrogen and oxygen atoms in total. The van der Waals surface area contributed by atoms with Crippen molar-refractivity contribution in [3.8, 4) is 11.3 Å². The van der Waals surface area contributed by atoms with Gasteiger partial charge < -0.3 is 9.80 Å². The molecule has 1 aliphatic rings. The Labute approximate surface area is 175 Å². The largest absolute Gasteiger partial charge is 0.338 e. The molecule has 30 heavy (non-hydrogen) atoms. The lowest BCUT2D eigenvalue weighted by Gasteiger charge is -2.34. The molecule has 1 amide bonds. The van der Waals surface area contributed by atoms with E-state index < -0.39 is 0 Å². The van der Waals surface area contributed by atoms with Crippen LogP contribution in [0.4, 0.5) is 10.3 Å². The molecule has 0 saturated carbocycles. The van der Waals surface area contributed by atoms with Crippen LogP contribution in [0.15, 0.2) is 48.8 Å². The molecule has 0 aliphatic carbocycles. The van der Waals surface area contributed by atoms with Crippen molar-refractivity contribution < 1.29 is 9.18 Å². The van der Waals surface area contributed by atoms with Crippen LogP contribution in [0.1, 0.15) is 25.5 Å². The SMILES string of the molecule is CC(C)c1cc(-c2ccc(F)cc2)nn1CC(=O)N1CCN(c2ncccn2)CC1. The third-order valence-corrected chi connectivity index (χ3v) is 5.30. The molecular weight excluding hydrogens is 383 g/mol. The molecule has 1 aromatic carbocycles. The predicted molar refractivity (Wildman–Crippen MR) is 113 cm³/mol. The maximum absolute atomic E-state index is 13.2. The Bertz CT molecular complexity index is 994. The van der Waals surface area contributed by atoms with E-state index in [0.717, 1.165) is 17.0 Å². The number of halogens is 1. The quantitative estimate of drug-likeness (QED) is 0.649. The van der Waals surface area contributed by atoms with E-state index >= 15 is 0 Å². The number of rotatable bonds is 5. The lowest BCUT2D eigenvalue weighted by molar-refractivity contribution is -0.132. The summed E-state index contributed by atoms with van der Waals surface area (Å²) < 4.78 is 15.0. The van der Waals surface area contributed by atoms with Crippen LogP contribution < -0.4 is 4.90 Å². The maximum Gasteiger partial charge on any atom is 0.244 e. The molecule has 0 atom stereocenters. The van der Waals surface area contributed by atoms with Crippen LogP contribution in [-0.4, -0.2) is 56.7 Å². The van der Waals surface area contributed by atoms with Crippen LogP contribution in [-0.2, 0) is 11.3 Å². The first kappa shape index (κ1) is 20.0. The second-order valence-corrected chi connectivity index (χ2v) is 7.69. The van der Waals surface area contributed by atoms with Crippen molar-refractivity contribution in [3.63, 3.8) is 0 Å². The Balaban J connectivity index is 1.44. The summed E-state index contributed by atoms with van der Waals surface area (Å²) >= 11 is 0. The summed E-state index contributed by atoms with van der Waals surface area (Å²) in [4.78, 5) is 25.5. The standard InChI is InChI=1S/C22H25FN6O/c1-16(2)20-14-19(17-4-6-18(23)7-5-17)26-29(20)15-21(30)27-10-12-28(13-11-27)22-24-8-3-9-25-22/h3-9,14,16H,10-13,15H2,1-2H3. The summed E-state index contributed by atoms with van der Waals surface area (Å²) in [5.74, 6) is 0.672. The van der Waals surface area contributed by atoms with Gasteiger partial charge in [-0.05, 0) is 42.3 Å². The zero-order valence-electron chi connectivity index (χ0n) is 17.2. The molecule has 0 spiro atoms. The molecule has 3 heterocycles. The number of carbonyl (C=O) groups is 1. The smallest absolute Gasteiger partial charge is 0.244 e. The highest BCUT2D eigenvalue weighted by atomic mass is 19.1. The van der Waals surface area contributed by atoms with Crippen molar-refractivity contribution in [2.24, 2.45) is 0 Å². The molecule has 0 unspecified atom stereocenters. The van der Waals surface area contributed by atoms with E-state index in [0.29, 0.717) is 32.1 Å². The Morgan fingerprint density at radius 1 is 1.07 bits per heavy atom. The zero-order chi connectivity index (χ0) is 21.1. The van der Waals surface area contributed by atoms with Crippen LogP contribution >= 0.6 is 0 Å². The predicted octanol–water partition coefficient (Wildman–Crippen LogP) is 2.95. The van der Waals surface area contributed by atoms with Gasteiger partial charge >= 0.3 is 0 Å². The topological polar surface area (TPSA) is 67.2 Å². The van der Waals surface area contributed by atoms with Gasteiger partial charge in [0.1, 0.15) is 12.4 Å². The van der Waals surface area contributed by atoms with Gasteiger partial charge in [0.05, 0.1) is 5.69 Å². The van der Waals surface area contributed by atoms with Gasteiger partial charge in [-0.15, -0.1) is 0 Å². The van der Waals surface area contributed by atoms with Crippen LogP contribution in [0.3, 0.4) is 0 Å². The van der Waals surface area contributed by atoms with E-state index in [4.69, 9.17) is 0 Å². The number of piperazine rings is 1. The number of amides is 1. The van der Waals surface area contributed by atoms with Crippen LogP contribution in [0.2, 0.25) is 0 Å². The molecule has 0 bridgehead atoms. The Morgan fingerprint density at radius 2 is 1.73 bits per heavy atom. The average molecular weight is 408 g/mol. The Morgan fingerprint density at radius 3 is 2.37 bits per heavy atom. The van der Waals surface area contributed by atoms with E-state index in [1.54, 1.807) is 35.3 Å². The zero-order valence-corrected chi connectivity index (χ0v) is 17.2. The lowest BCUT2D eigenvalue weighted by atomic mass is 10.1. The molecule has 4 rings (SSSR count). The number of nitrogens with zero attached hydrogens (tertiary/aromatic N) is 6. The number of carbonyl (C=O) groups excluding carboxylic acids is 1. The van der Waals surface area contributed by atoms with Crippen molar-refractivity contribution in [3.05, 3.63) is 60.3 Å². The lowest BCUT2D eigenvalue weighted by Crippen LogP contribution is -2.50. The van der Waals surface area contributed by atoms with Crippen LogP contribution in [0.25, 0.3) is 11.3 Å².